The smallest absolute Gasteiger partial charge is 0.259 e. The van der Waals surface area contributed by atoms with Crippen molar-refractivity contribution in [2.24, 2.45) is 16.5 Å². The number of rotatable bonds is 6. The zero-order valence-electron chi connectivity index (χ0n) is 16.0. The highest BCUT2D eigenvalue weighted by Crippen LogP contribution is 2.29. The predicted octanol–water partition coefficient (Wildman–Crippen LogP) is 2.19. The minimum atomic E-state index is -0.862. The van der Waals surface area contributed by atoms with Crippen molar-refractivity contribution in [1.29, 1.82) is 0 Å². The van der Waals surface area contributed by atoms with Crippen molar-refractivity contribution >= 4 is 52.9 Å². The quantitative estimate of drug-likeness (QED) is 0.266. The predicted molar refractivity (Wildman–Crippen MR) is 115 cm³/mol. The van der Waals surface area contributed by atoms with Crippen LogP contribution in [0.15, 0.2) is 34.3 Å². The van der Waals surface area contributed by atoms with Crippen LogP contribution in [0.3, 0.4) is 0 Å². The molecule has 154 valence electrons. The number of aromatic nitrogens is 1. The topological polar surface area (TPSA) is 155 Å². The highest BCUT2D eigenvalue weighted by molar-refractivity contribution is 7.98. The SMILES string of the molecule is CSc1[nH]c(NC(=NC(C)C)NC(=O)c2ccccc2Cl)c(C(N)=O)c1C(N)=O. The number of nitrogens with zero attached hydrogens (tertiary/aromatic N) is 1. The summed E-state index contributed by atoms with van der Waals surface area (Å²) in [7, 11) is 0. The molecule has 0 radical (unpaired) electrons. The molecule has 1 heterocycles. The van der Waals surface area contributed by atoms with Crippen LogP contribution in [0, 0.1) is 0 Å². The Morgan fingerprint density at radius 3 is 2.28 bits per heavy atom. The summed E-state index contributed by atoms with van der Waals surface area (Å²) in [6.45, 7) is 3.60. The molecule has 0 saturated carbocycles. The number of halogens is 1. The molecule has 3 amide bonds. The van der Waals surface area contributed by atoms with Crippen LogP contribution in [-0.4, -0.2) is 41.0 Å². The summed E-state index contributed by atoms with van der Waals surface area (Å²) >= 11 is 7.25. The van der Waals surface area contributed by atoms with E-state index in [4.69, 9.17) is 23.1 Å². The summed E-state index contributed by atoms with van der Waals surface area (Å²) in [5, 5.41) is 6.07. The minimum absolute atomic E-state index is 0.0335. The second kappa shape index (κ2) is 9.48. The Morgan fingerprint density at radius 1 is 1.14 bits per heavy atom. The lowest BCUT2D eigenvalue weighted by Crippen LogP contribution is -2.37. The number of nitrogens with one attached hydrogen (secondary N) is 3. The molecule has 0 spiro atoms. The Hall–Kier alpha value is -2.98. The van der Waals surface area contributed by atoms with E-state index in [9.17, 15) is 14.4 Å². The average molecular weight is 437 g/mol. The maximum Gasteiger partial charge on any atom is 0.259 e. The number of hydrogen-bond acceptors (Lipinski definition) is 5. The maximum atomic E-state index is 12.6. The molecule has 0 fully saturated rings. The molecule has 2 aromatic rings. The fourth-order valence-electron chi connectivity index (χ4n) is 2.50. The molecular formula is C18H21ClN6O3S. The summed E-state index contributed by atoms with van der Waals surface area (Å²) < 4.78 is 0. The van der Waals surface area contributed by atoms with E-state index in [0.717, 1.165) is 0 Å². The highest BCUT2D eigenvalue weighted by Gasteiger charge is 2.26. The molecule has 0 unspecified atom stereocenters. The lowest BCUT2D eigenvalue weighted by atomic mass is 10.1. The fourth-order valence-corrected chi connectivity index (χ4v) is 3.33. The van der Waals surface area contributed by atoms with E-state index in [1.54, 1.807) is 44.4 Å². The van der Waals surface area contributed by atoms with Crippen molar-refractivity contribution in [2.45, 2.75) is 24.9 Å². The molecule has 0 saturated heterocycles. The van der Waals surface area contributed by atoms with Gasteiger partial charge in [0.05, 0.1) is 26.7 Å². The van der Waals surface area contributed by atoms with Gasteiger partial charge < -0.3 is 21.8 Å². The number of hydrogen-bond donors (Lipinski definition) is 5. The summed E-state index contributed by atoms with van der Waals surface area (Å²) in [6, 6.07) is 6.32. The largest absolute Gasteiger partial charge is 0.365 e. The van der Waals surface area contributed by atoms with Gasteiger partial charge in [-0.25, -0.2) is 4.99 Å². The molecule has 0 aliphatic rings. The van der Waals surface area contributed by atoms with Gasteiger partial charge in [-0.2, -0.15) is 0 Å². The van der Waals surface area contributed by atoms with Crippen molar-refractivity contribution in [1.82, 2.24) is 10.3 Å². The average Bonchev–Trinajstić information content (AvgIpc) is 3.00. The Balaban J connectivity index is 2.44. The second-order valence-electron chi connectivity index (χ2n) is 6.14. The molecule has 9 nitrogen and oxygen atoms in total. The maximum absolute atomic E-state index is 12.6. The third-order valence-corrected chi connectivity index (χ3v) is 4.69. The Morgan fingerprint density at radius 2 is 1.76 bits per heavy atom. The summed E-state index contributed by atoms with van der Waals surface area (Å²) in [5.74, 6) is -2.05. The molecule has 0 aliphatic heterocycles. The van der Waals surface area contributed by atoms with Crippen molar-refractivity contribution in [3.8, 4) is 0 Å². The zero-order valence-corrected chi connectivity index (χ0v) is 17.6. The van der Waals surface area contributed by atoms with E-state index in [1.807, 2.05) is 0 Å². The normalized spacial score (nSPS) is 11.4. The first-order valence-electron chi connectivity index (χ1n) is 8.45. The molecule has 29 heavy (non-hydrogen) atoms. The van der Waals surface area contributed by atoms with E-state index >= 15 is 0 Å². The van der Waals surface area contributed by atoms with Crippen LogP contribution in [0.25, 0.3) is 0 Å². The van der Waals surface area contributed by atoms with Gasteiger partial charge in [0.2, 0.25) is 5.96 Å². The van der Waals surface area contributed by atoms with E-state index < -0.39 is 17.7 Å². The number of thioether (sulfide) groups is 1. The molecule has 2 rings (SSSR count). The molecule has 0 aliphatic carbocycles. The Labute approximate surface area is 176 Å². The van der Waals surface area contributed by atoms with Crippen molar-refractivity contribution in [2.75, 3.05) is 11.6 Å². The van der Waals surface area contributed by atoms with Gasteiger partial charge in [-0.05, 0) is 32.2 Å². The molecular weight excluding hydrogens is 416 g/mol. The van der Waals surface area contributed by atoms with Gasteiger partial charge >= 0.3 is 0 Å². The van der Waals surface area contributed by atoms with Gasteiger partial charge in [0.25, 0.3) is 17.7 Å². The standard InChI is InChI=1S/C18H21ClN6O3S/c1-8(2)22-18(25-16(28)9-6-4-5-7-10(9)19)24-15-11(13(20)26)12(14(21)27)17(23-15)29-3/h4-8,23H,1-3H3,(H2,20,26)(H2,21,27)(H2,22,24,25,28). The van der Waals surface area contributed by atoms with Crippen molar-refractivity contribution < 1.29 is 14.4 Å². The van der Waals surface area contributed by atoms with Gasteiger partial charge in [0.1, 0.15) is 5.82 Å². The highest BCUT2D eigenvalue weighted by atomic mass is 35.5. The number of carbonyl (C=O) groups excluding carboxylic acids is 3. The lowest BCUT2D eigenvalue weighted by Gasteiger charge is -2.13. The number of anilines is 1. The van der Waals surface area contributed by atoms with Crippen molar-refractivity contribution in [3.05, 3.63) is 46.0 Å². The summed E-state index contributed by atoms with van der Waals surface area (Å²) in [5.41, 5.74) is 10.9. The Bertz CT molecular complexity index is 986. The number of primary amides is 2. The first-order chi connectivity index (χ1) is 13.6. The molecule has 1 aromatic heterocycles. The number of H-pyrrole nitrogens is 1. The number of aliphatic imine (C=N–C) groups is 1. The summed E-state index contributed by atoms with van der Waals surface area (Å²) in [6.07, 6.45) is 1.70. The molecule has 0 atom stereocenters. The molecule has 11 heteroatoms. The van der Waals surface area contributed by atoms with Gasteiger partial charge in [0, 0.05) is 6.04 Å². The first kappa shape index (κ1) is 22.3. The third-order valence-electron chi connectivity index (χ3n) is 3.64. The fraction of sp³-hybridized carbons (Fsp3) is 0.222. The van der Waals surface area contributed by atoms with Crippen LogP contribution in [0.4, 0.5) is 5.82 Å². The van der Waals surface area contributed by atoms with Gasteiger partial charge in [-0.3, -0.25) is 19.7 Å². The number of nitrogens with two attached hydrogens (primary N) is 2. The van der Waals surface area contributed by atoms with E-state index in [1.165, 1.54) is 11.8 Å². The van der Waals surface area contributed by atoms with Gasteiger partial charge in [0.15, 0.2) is 0 Å². The zero-order chi connectivity index (χ0) is 21.7. The number of guanidine groups is 1. The van der Waals surface area contributed by atoms with Crippen LogP contribution in [0.1, 0.15) is 44.9 Å². The van der Waals surface area contributed by atoms with Crippen LogP contribution in [-0.2, 0) is 0 Å². The number of amides is 3. The van der Waals surface area contributed by atoms with E-state index in [2.05, 4.69) is 20.6 Å². The minimum Gasteiger partial charge on any atom is -0.365 e. The molecule has 1 aromatic carbocycles. The van der Waals surface area contributed by atoms with E-state index in [0.29, 0.717) is 5.03 Å². The first-order valence-corrected chi connectivity index (χ1v) is 10.1. The lowest BCUT2D eigenvalue weighted by molar-refractivity contribution is 0.0966. The van der Waals surface area contributed by atoms with Gasteiger partial charge in [-0.1, -0.05) is 23.7 Å². The van der Waals surface area contributed by atoms with Gasteiger partial charge in [-0.15, -0.1) is 11.8 Å². The monoisotopic (exact) mass is 436 g/mol. The molecule has 0 bridgehead atoms. The van der Waals surface area contributed by atoms with Crippen LogP contribution in [0.5, 0.6) is 0 Å². The second-order valence-corrected chi connectivity index (χ2v) is 7.37. The Kier molecular flexibility index (Phi) is 7.29. The number of aromatic amines is 1. The van der Waals surface area contributed by atoms with Crippen molar-refractivity contribution in [3.63, 3.8) is 0 Å². The van der Waals surface area contributed by atoms with Crippen LogP contribution < -0.4 is 22.1 Å². The van der Waals surface area contributed by atoms with Crippen LogP contribution >= 0.6 is 23.4 Å². The number of benzene rings is 1. The third kappa shape index (κ3) is 5.30. The molecule has 7 N–H and O–H groups in total. The van der Waals surface area contributed by atoms with Crippen LogP contribution in [0.2, 0.25) is 5.02 Å². The number of carbonyl (C=O) groups is 3. The van der Waals surface area contributed by atoms with E-state index in [-0.39, 0.29) is 39.5 Å². The summed E-state index contributed by atoms with van der Waals surface area (Å²) in [4.78, 5) is 43.6.